The van der Waals surface area contributed by atoms with Crippen molar-refractivity contribution in [2.75, 3.05) is 13.1 Å². The largest absolute Gasteiger partial charge is 0.299 e. The normalized spacial score (nSPS) is 23.6. The SMILES string of the molecule is C[Si](C)(C)c1ccc(CN2CCC([C@]3(c4ccccc4)CCC(=O)NC3=O)CC2)cc1. The van der Waals surface area contributed by atoms with Crippen LogP contribution in [0.15, 0.2) is 54.6 Å². The van der Waals surface area contributed by atoms with E-state index in [4.69, 9.17) is 0 Å². The summed E-state index contributed by atoms with van der Waals surface area (Å²) in [7, 11) is -1.26. The van der Waals surface area contributed by atoms with Gasteiger partial charge >= 0.3 is 0 Å². The van der Waals surface area contributed by atoms with Gasteiger partial charge in [-0.05, 0) is 49.4 Å². The van der Waals surface area contributed by atoms with E-state index in [2.05, 4.69) is 66.3 Å². The van der Waals surface area contributed by atoms with Gasteiger partial charge in [0.25, 0.3) is 0 Å². The van der Waals surface area contributed by atoms with Crippen LogP contribution in [0.5, 0.6) is 0 Å². The molecule has 0 spiro atoms. The zero-order chi connectivity index (χ0) is 22.1. The van der Waals surface area contributed by atoms with Crippen molar-refractivity contribution in [3.63, 3.8) is 0 Å². The van der Waals surface area contributed by atoms with E-state index >= 15 is 0 Å². The monoisotopic (exact) mass is 434 g/mol. The molecule has 4 nitrogen and oxygen atoms in total. The first-order chi connectivity index (χ1) is 14.8. The second-order valence-corrected chi connectivity index (χ2v) is 15.3. The summed E-state index contributed by atoms with van der Waals surface area (Å²) in [4.78, 5) is 27.6. The molecule has 0 saturated carbocycles. The van der Waals surface area contributed by atoms with Gasteiger partial charge in [0.15, 0.2) is 0 Å². The quantitative estimate of drug-likeness (QED) is 0.575. The number of nitrogens with zero attached hydrogens (tertiary/aromatic N) is 1. The molecule has 164 valence electrons. The second kappa shape index (κ2) is 8.71. The van der Waals surface area contributed by atoms with Gasteiger partial charge in [0.2, 0.25) is 11.8 Å². The fourth-order valence-corrected chi connectivity index (χ4v) is 6.48. The number of rotatable bonds is 5. The molecular formula is C26H34N2O2Si. The van der Waals surface area contributed by atoms with Crippen LogP contribution < -0.4 is 10.5 Å². The summed E-state index contributed by atoms with van der Waals surface area (Å²) in [5, 5.41) is 4.14. The minimum Gasteiger partial charge on any atom is -0.299 e. The Morgan fingerprint density at radius 2 is 1.61 bits per heavy atom. The molecule has 2 aromatic rings. The summed E-state index contributed by atoms with van der Waals surface area (Å²) < 4.78 is 0. The lowest BCUT2D eigenvalue weighted by molar-refractivity contribution is -0.140. The molecule has 2 aliphatic rings. The maximum Gasteiger partial charge on any atom is 0.237 e. The van der Waals surface area contributed by atoms with Gasteiger partial charge in [-0.2, -0.15) is 0 Å². The molecule has 0 aliphatic carbocycles. The van der Waals surface area contributed by atoms with E-state index in [0.717, 1.165) is 38.0 Å². The Balaban J connectivity index is 1.46. The minimum absolute atomic E-state index is 0.102. The third-order valence-corrected chi connectivity index (χ3v) is 9.27. The van der Waals surface area contributed by atoms with Crippen molar-refractivity contribution in [1.29, 1.82) is 0 Å². The van der Waals surface area contributed by atoms with Gasteiger partial charge in [0, 0.05) is 13.0 Å². The Kier molecular flexibility index (Phi) is 6.17. The molecule has 2 saturated heterocycles. The third kappa shape index (κ3) is 4.53. The summed E-state index contributed by atoms with van der Waals surface area (Å²) in [5.41, 5.74) is 1.83. The molecule has 2 aliphatic heterocycles. The number of carbonyl (C=O) groups excluding carboxylic acids is 2. The molecule has 2 amide bonds. The number of piperidine rings is 2. The summed E-state index contributed by atoms with van der Waals surface area (Å²) in [6.07, 6.45) is 2.99. The van der Waals surface area contributed by atoms with Crippen LogP contribution in [0, 0.1) is 5.92 Å². The van der Waals surface area contributed by atoms with Crippen molar-refractivity contribution in [3.8, 4) is 0 Å². The highest BCUT2D eigenvalue weighted by molar-refractivity contribution is 6.88. The molecule has 2 heterocycles. The van der Waals surface area contributed by atoms with Gasteiger partial charge < -0.3 is 0 Å². The topological polar surface area (TPSA) is 49.4 Å². The average molecular weight is 435 g/mol. The number of hydrogen-bond acceptors (Lipinski definition) is 3. The number of hydrogen-bond donors (Lipinski definition) is 1. The van der Waals surface area contributed by atoms with Crippen LogP contribution in [-0.2, 0) is 21.5 Å². The predicted octanol–water partition coefficient (Wildman–Crippen LogP) is 3.82. The van der Waals surface area contributed by atoms with Crippen molar-refractivity contribution >= 4 is 25.1 Å². The molecular weight excluding hydrogens is 400 g/mol. The van der Waals surface area contributed by atoms with Gasteiger partial charge in [-0.25, -0.2) is 0 Å². The Morgan fingerprint density at radius 3 is 2.19 bits per heavy atom. The van der Waals surface area contributed by atoms with E-state index in [1.165, 1.54) is 10.8 Å². The van der Waals surface area contributed by atoms with E-state index in [0.29, 0.717) is 12.8 Å². The first-order valence-electron chi connectivity index (χ1n) is 11.5. The van der Waals surface area contributed by atoms with E-state index in [-0.39, 0.29) is 17.7 Å². The molecule has 4 rings (SSSR count). The highest BCUT2D eigenvalue weighted by atomic mass is 28.3. The molecule has 1 N–H and O–H groups in total. The zero-order valence-corrected chi connectivity index (χ0v) is 20.0. The summed E-state index contributed by atoms with van der Waals surface area (Å²) >= 11 is 0. The van der Waals surface area contributed by atoms with Gasteiger partial charge in [0.1, 0.15) is 0 Å². The highest BCUT2D eigenvalue weighted by Gasteiger charge is 2.50. The van der Waals surface area contributed by atoms with Crippen LogP contribution in [0.25, 0.3) is 0 Å². The Bertz CT molecular complexity index is 928. The summed E-state index contributed by atoms with van der Waals surface area (Å²) in [5.74, 6) is 0.0135. The van der Waals surface area contributed by atoms with Crippen molar-refractivity contribution in [2.45, 2.75) is 57.3 Å². The van der Waals surface area contributed by atoms with Crippen molar-refractivity contribution in [2.24, 2.45) is 5.92 Å². The number of amides is 2. The van der Waals surface area contributed by atoms with Crippen LogP contribution >= 0.6 is 0 Å². The lowest BCUT2D eigenvalue weighted by atomic mass is 9.62. The van der Waals surface area contributed by atoms with Crippen molar-refractivity contribution < 1.29 is 9.59 Å². The second-order valence-electron chi connectivity index (χ2n) is 10.2. The van der Waals surface area contributed by atoms with Gasteiger partial charge in [-0.15, -0.1) is 0 Å². The van der Waals surface area contributed by atoms with E-state index in [1.807, 2.05) is 18.2 Å². The lowest BCUT2D eigenvalue weighted by Crippen LogP contribution is -2.57. The minimum atomic E-state index is -1.26. The van der Waals surface area contributed by atoms with Crippen LogP contribution in [0.2, 0.25) is 19.6 Å². The Morgan fingerprint density at radius 1 is 0.968 bits per heavy atom. The van der Waals surface area contributed by atoms with Crippen molar-refractivity contribution in [3.05, 3.63) is 65.7 Å². The molecule has 0 aromatic heterocycles. The lowest BCUT2D eigenvalue weighted by Gasteiger charge is -2.45. The molecule has 5 heteroatoms. The number of nitrogens with one attached hydrogen (secondary N) is 1. The molecule has 0 bridgehead atoms. The number of likely N-dealkylation sites (tertiary alicyclic amines) is 1. The average Bonchev–Trinajstić information content (AvgIpc) is 2.75. The number of benzene rings is 2. The first-order valence-corrected chi connectivity index (χ1v) is 15.0. The predicted molar refractivity (Wildman–Crippen MR) is 128 cm³/mol. The number of imide groups is 1. The fourth-order valence-electron chi connectivity index (χ4n) is 5.31. The smallest absolute Gasteiger partial charge is 0.237 e. The third-order valence-electron chi connectivity index (χ3n) is 7.20. The molecule has 2 fully saturated rings. The summed E-state index contributed by atoms with van der Waals surface area (Å²) in [6.45, 7) is 10.1. The summed E-state index contributed by atoms with van der Waals surface area (Å²) in [6, 6.07) is 19.3. The molecule has 1 atom stereocenters. The molecule has 31 heavy (non-hydrogen) atoms. The Labute approximate surface area is 187 Å². The maximum absolute atomic E-state index is 13.2. The zero-order valence-electron chi connectivity index (χ0n) is 19.0. The standard InChI is InChI=1S/C26H34N2O2Si/c1-31(2,3)23-11-9-20(10-12-23)19-28-17-14-22(15-18-28)26(21-7-5-4-6-8-21)16-13-24(29)27-25(26)30/h4-12,22H,13-19H2,1-3H3,(H,27,29,30)/t26-/m1/s1. The van der Waals surface area contributed by atoms with Gasteiger partial charge in [-0.3, -0.25) is 19.8 Å². The molecule has 0 radical (unpaired) electrons. The van der Waals surface area contributed by atoms with E-state index < -0.39 is 13.5 Å². The van der Waals surface area contributed by atoms with E-state index in [1.54, 1.807) is 0 Å². The fraction of sp³-hybridized carbons (Fsp3) is 0.462. The van der Waals surface area contributed by atoms with Gasteiger partial charge in [0.05, 0.1) is 13.5 Å². The van der Waals surface area contributed by atoms with Crippen LogP contribution in [-0.4, -0.2) is 37.9 Å². The number of carbonyl (C=O) groups is 2. The Hall–Kier alpha value is -2.24. The van der Waals surface area contributed by atoms with Crippen molar-refractivity contribution in [1.82, 2.24) is 10.2 Å². The molecule has 0 unspecified atom stereocenters. The van der Waals surface area contributed by atoms with Crippen LogP contribution in [0.1, 0.15) is 36.8 Å². The first kappa shape index (κ1) is 22.0. The molecule has 2 aromatic carbocycles. The van der Waals surface area contributed by atoms with Crippen LogP contribution in [0.4, 0.5) is 0 Å². The van der Waals surface area contributed by atoms with Crippen LogP contribution in [0.3, 0.4) is 0 Å². The maximum atomic E-state index is 13.2. The van der Waals surface area contributed by atoms with E-state index in [9.17, 15) is 9.59 Å². The van der Waals surface area contributed by atoms with Gasteiger partial charge in [-0.1, -0.05) is 79.4 Å². The highest BCUT2D eigenvalue weighted by Crippen LogP contribution is 2.44.